The second-order valence-corrected chi connectivity index (χ2v) is 5.84. The lowest BCUT2D eigenvalue weighted by atomic mass is 10.0. The van der Waals surface area contributed by atoms with Gasteiger partial charge in [0, 0.05) is 18.7 Å². The first-order valence-corrected chi connectivity index (χ1v) is 8.30. The van der Waals surface area contributed by atoms with Gasteiger partial charge in [0.2, 0.25) is 0 Å². The normalized spacial score (nSPS) is 17.8. The summed E-state index contributed by atoms with van der Waals surface area (Å²) in [5.74, 6) is 2.60. The summed E-state index contributed by atoms with van der Waals surface area (Å²) in [7, 11) is 1.67. The number of rotatable bonds is 5. The molecule has 1 saturated heterocycles. The van der Waals surface area contributed by atoms with Gasteiger partial charge in [0.1, 0.15) is 23.7 Å². The second-order valence-electron chi connectivity index (χ2n) is 5.84. The van der Waals surface area contributed by atoms with Gasteiger partial charge in [-0.05, 0) is 37.8 Å². The first-order chi connectivity index (χ1) is 11.3. The van der Waals surface area contributed by atoms with E-state index in [1.165, 1.54) is 19.3 Å². The van der Waals surface area contributed by atoms with E-state index in [0.29, 0.717) is 6.04 Å². The lowest BCUT2D eigenvalue weighted by molar-refractivity contribution is 0.417. The summed E-state index contributed by atoms with van der Waals surface area (Å²) >= 11 is 0. The topological polar surface area (TPSA) is 50.3 Å². The van der Waals surface area contributed by atoms with Crippen LogP contribution in [0.1, 0.15) is 32.6 Å². The molecular weight excluding hydrogens is 288 g/mol. The number of methoxy groups -OCH3 is 1. The zero-order valence-corrected chi connectivity index (χ0v) is 13.8. The second kappa shape index (κ2) is 7.31. The van der Waals surface area contributed by atoms with Crippen molar-refractivity contribution in [2.45, 2.75) is 38.6 Å². The van der Waals surface area contributed by atoms with Crippen molar-refractivity contribution in [3.63, 3.8) is 0 Å². The third kappa shape index (κ3) is 3.55. The minimum Gasteiger partial charge on any atom is -0.495 e. The van der Waals surface area contributed by atoms with E-state index < -0.39 is 0 Å². The van der Waals surface area contributed by atoms with Crippen LogP contribution in [0, 0.1) is 0 Å². The van der Waals surface area contributed by atoms with Crippen LogP contribution >= 0.6 is 0 Å². The van der Waals surface area contributed by atoms with Gasteiger partial charge in [0.15, 0.2) is 0 Å². The predicted octanol–water partition coefficient (Wildman–Crippen LogP) is 4.00. The van der Waals surface area contributed by atoms with Crippen LogP contribution in [0.15, 0.2) is 36.7 Å². The third-order valence-electron chi connectivity index (χ3n) is 4.42. The molecule has 1 aliphatic rings. The van der Waals surface area contributed by atoms with Crippen molar-refractivity contribution in [3.8, 4) is 5.75 Å². The number of nitrogens with zero attached hydrogens (tertiary/aromatic N) is 3. The van der Waals surface area contributed by atoms with Crippen LogP contribution in [0.3, 0.4) is 0 Å². The Morgan fingerprint density at radius 1 is 1.26 bits per heavy atom. The molecule has 23 heavy (non-hydrogen) atoms. The molecule has 0 radical (unpaired) electrons. The number of anilines is 3. The van der Waals surface area contributed by atoms with Crippen molar-refractivity contribution in [3.05, 3.63) is 36.7 Å². The maximum atomic E-state index is 5.38. The maximum Gasteiger partial charge on any atom is 0.142 e. The van der Waals surface area contributed by atoms with E-state index in [9.17, 15) is 0 Å². The van der Waals surface area contributed by atoms with Crippen LogP contribution in [-0.4, -0.2) is 29.7 Å². The molecule has 0 aliphatic carbocycles. The zero-order chi connectivity index (χ0) is 16.1. The van der Waals surface area contributed by atoms with Crippen LogP contribution in [0.25, 0.3) is 0 Å². The summed E-state index contributed by atoms with van der Waals surface area (Å²) in [5.41, 5.74) is 0.908. The van der Waals surface area contributed by atoms with Gasteiger partial charge in [0.25, 0.3) is 0 Å². The van der Waals surface area contributed by atoms with Crippen molar-refractivity contribution in [1.82, 2.24) is 9.97 Å². The molecule has 2 heterocycles. The smallest absolute Gasteiger partial charge is 0.142 e. The molecule has 5 heteroatoms. The summed E-state index contributed by atoms with van der Waals surface area (Å²) in [6.45, 7) is 3.32. The third-order valence-corrected chi connectivity index (χ3v) is 4.42. The molecule has 0 saturated carbocycles. The van der Waals surface area contributed by atoms with E-state index in [-0.39, 0.29) is 0 Å². The van der Waals surface area contributed by atoms with Crippen LogP contribution in [-0.2, 0) is 0 Å². The molecule has 3 rings (SSSR count). The van der Waals surface area contributed by atoms with Gasteiger partial charge < -0.3 is 15.0 Å². The van der Waals surface area contributed by atoms with Gasteiger partial charge in [-0.3, -0.25) is 0 Å². The summed E-state index contributed by atoms with van der Waals surface area (Å²) in [4.78, 5) is 11.3. The summed E-state index contributed by atoms with van der Waals surface area (Å²) in [6.07, 6.45) is 6.58. The summed E-state index contributed by atoms with van der Waals surface area (Å²) in [6, 6.07) is 10.5. The Bertz CT molecular complexity index is 646. The van der Waals surface area contributed by atoms with Gasteiger partial charge >= 0.3 is 0 Å². The molecule has 0 spiro atoms. The molecule has 0 bridgehead atoms. The number of aromatic nitrogens is 2. The van der Waals surface area contributed by atoms with E-state index >= 15 is 0 Å². The fourth-order valence-corrected chi connectivity index (χ4v) is 3.18. The number of benzene rings is 1. The molecule has 1 unspecified atom stereocenters. The summed E-state index contributed by atoms with van der Waals surface area (Å²) in [5, 5.41) is 3.33. The van der Waals surface area contributed by atoms with Crippen molar-refractivity contribution in [2.75, 3.05) is 23.9 Å². The standard InChI is InChI=1S/C18H24N4O/c1-3-14-8-6-7-11-22(14)18-12-17(19-13-20-18)21-15-9-4-5-10-16(15)23-2/h4-5,9-10,12-14H,3,6-8,11H2,1-2H3,(H,19,20,21). The number of nitrogens with one attached hydrogen (secondary N) is 1. The molecule has 0 amide bonds. The highest BCUT2D eigenvalue weighted by Gasteiger charge is 2.22. The first-order valence-electron chi connectivity index (χ1n) is 8.30. The van der Waals surface area contributed by atoms with Crippen LogP contribution < -0.4 is 15.0 Å². The van der Waals surface area contributed by atoms with E-state index in [1.807, 2.05) is 30.3 Å². The quantitative estimate of drug-likeness (QED) is 0.904. The number of para-hydroxylation sites is 2. The minimum absolute atomic E-state index is 0.581. The largest absolute Gasteiger partial charge is 0.495 e. The van der Waals surface area contributed by atoms with Gasteiger partial charge in [-0.2, -0.15) is 0 Å². The number of hydrogen-bond donors (Lipinski definition) is 1. The van der Waals surface area contributed by atoms with E-state index in [2.05, 4.69) is 27.1 Å². The van der Waals surface area contributed by atoms with Crippen LogP contribution in [0.2, 0.25) is 0 Å². The fourth-order valence-electron chi connectivity index (χ4n) is 3.18. The highest BCUT2D eigenvalue weighted by molar-refractivity contribution is 5.65. The highest BCUT2D eigenvalue weighted by Crippen LogP contribution is 2.29. The van der Waals surface area contributed by atoms with Gasteiger partial charge in [-0.15, -0.1) is 0 Å². The van der Waals surface area contributed by atoms with Crippen LogP contribution in [0.5, 0.6) is 5.75 Å². The van der Waals surface area contributed by atoms with Gasteiger partial charge in [-0.25, -0.2) is 9.97 Å². The molecule has 1 aromatic carbocycles. The molecule has 1 aliphatic heterocycles. The van der Waals surface area contributed by atoms with Gasteiger partial charge in [0.05, 0.1) is 12.8 Å². The molecular formula is C18H24N4O. The highest BCUT2D eigenvalue weighted by atomic mass is 16.5. The monoisotopic (exact) mass is 312 g/mol. The Labute approximate surface area is 137 Å². The van der Waals surface area contributed by atoms with Gasteiger partial charge in [-0.1, -0.05) is 19.1 Å². The Hall–Kier alpha value is -2.30. The molecule has 1 aromatic heterocycles. The number of ether oxygens (including phenoxy) is 1. The van der Waals surface area contributed by atoms with E-state index in [0.717, 1.165) is 36.0 Å². The first kappa shape index (κ1) is 15.6. The van der Waals surface area contributed by atoms with E-state index in [1.54, 1.807) is 13.4 Å². The predicted molar refractivity (Wildman–Crippen MR) is 93.6 cm³/mol. The molecule has 2 aromatic rings. The lowest BCUT2D eigenvalue weighted by Crippen LogP contribution is -2.39. The zero-order valence-electron chi connectivity index (χ0n) is 13.8. The Morgan fingerprint density at radius 2 is 2.13 bits per heavy atom. The Balaban J connectivity index is 1.82. The molecule has 5 nitrogen and oxygen atoms in total. The fraction of sp³-hybridized carbons (Fsp3) is 0.444. The molecule has 1 atom stereocenters. The lowest BCUT2D eigenvalue weighted by Gasteiger charge is -2.36. The van der Waals surface area contributed by atoms with Crippen molar-refractivity contribution < 1.29 is 4.74 Å². The van der Waals surface area contributed by atoms with Crippen molar-refractivity contribution in [2.24, 2.45) is 0 Å². The van der Waals surface area contributed by atoms with Crippen molar-refractivity contribution in [1.29, 1.82) is 0 Å². The average molecular weight is 312 g/mol. The minimum atomic E-state index is 0.581. The van der Waals surface area contributed by atoms with Crippen molar-refractivity contribution >= 4 is 17.3 Å². The molecule has 1 fully saturated rings. The number of hydrogen-bond acceptors (Lipinski definition) is 5. The number of piperidine rings is 1. The van der Waals surface area contributed by atoms with Crippen LogP contribution in [0.4, 0.5) is 17.3 Å². The SMILES string of the molecule is CCC1CCCCN1c1cc(Nc2ccccc2OC)ncn1. The molecule has 122 valence electrons. The Morgan fingerprint density at radius 3 is 2.96 bits per heavy atom. The maximum absolute atomic E-state index is 5.38. The Kier molecular flexibility index (Phi) is 4.95. The average Bonchev–Trinajstić information content (AvgIpc) is 2.62. The molecule has 1 N–H and O–H groups in total. The van der Waals surface area contributed by atoms with E-state index in [4.69, 9.17) is 4.74 Å². The summed E-state index contributed by atoms with van der Waals surface area (Å²) < 4.78 is 5.38.